The third-order valence-corrected chi connectivity index (χ3v) is 1.29. The van der Waals surface area contributed by atoms with Crippen LogP contribution < -0.4 is 0 Å². The summed E-state index contributed by atoms with van der Waals surface area (Å²) >= 11 is 0. The fourth-order valence-corrected chi connectivity index (χ4v) is 0.714. The van der Waals surface area contributed by atoms with Crippen LogP contribution in [-0.2, 0) is 14.4 Å². The standard InChI is InChI=1S/C6H8O7.Mg.9H2O/c7-3(8)1-6(13,5(11)12)2-4(9)10;;;;;;;;;;/h13H,1-2H2,(H,7,8)(H,9,10)(H,11,12);;9*1H2. The molecule has 2 radical (unpaired) electrons. The first kappa shape index (κ1) is 80.9. The zero-order chi connectivity index (χ0) is 10.6. The maximum Gasteiger partial charge on any atom is 0.336 e. The van der Waals surface area contributed by atoms with Crippen molar-refractivity contribution in [2.24, 2.45) is 0 Å². The maximum absolute atomic E-state index is 10.3. The molecule has 148 valence electrons. The van der Waals surface area contributed by atoms with Gasteiger partial charge in [-0.1, -0.05) is 0 Å². The van der Waals surface area contributed by atoms with Crippen LogP contribution in [0.2, 0.25) is 0 Å². The van der Waals surface area contributed by atoms with Gasteiger partial charge in [0, 0.05) is 23.1 Å². The Bertz CT molecular complexity index is 239. The van der Waals surface area contributed by atoms with E-state index < -0.39 is 36.4 Å². The number of carboxylic acids is 3. The number of carbonyl (C=O) groups is 3. The summed E-state index contributed by atoms with van der Waals surface area (Å²) < 4.78 is 0. The van der Waals surface area contributed by atoms with E-state index in [0.717, 1.165) is 0 Å². The van der Waals surface area contributed by atoms with E-state index in [2.05, 4.69) is 0 Å². The van der Waals surface area contributed by atoms with Gasteiger partial charge in [-0.3, -0.25) is 9.59 Å². The third kappa shape index (κ3) is 33.5. The molecule has 0 saturated carbocycles. The molecule has 22 N–H and O–H groups in total. The van der Waals surface area contributed by atoms with Crippen LogP contribution in [-0.4, -0.2) is 116 Å². The van der Waals surface area contributed by atoms with Gasteiger partial charge in [0.2, 0.25) is 0 Å². The van der Waals surface area contributed by atoms with Crippen LogP contribution in [0.3, 0.4) is 0 Å². The fourth-order valence-electron chi connectivity index (χ4n) is 0.714. The molecule has 23 heavy (non-hydrogen) atoms. The Labute approximate surface area is 144 Å². The van der Waals surface area contributed by atoms with Crippen molar-refractivity contribution in [2.75, 3.05) is 0 Å². The number of carboxylic acid groups (broad SMARTS) is 3. The molecule has 16 nitrogen and oxygen atoms in total. The van der Waals surface area contributed by atoms with Crippen molar-refractivity contribution < 1.29 is 84.1 Å². The Hall–Kier alpha value is -1.22. The predicted octanol–water partition coefficient (Wildman–Crippen LogP) is -9.05. The lowest BCUT2D eigenvalue weighted by molar-refractivity contribution is -0.170. The normalized spacial score (nSPS) is 6.13. The summed E-state index contributed by atoms with van der Waals surface area (Å²) in [7, 11) is 0. The second-order valence-electron chi connectivity index (χ2n) is 2.48. The van der Waals surface area contributed by atoms with E-state index in [0.29, 0.717) is 0 Å². The lowest BCUT2D eigenvalue weighted by Gasteiger charge is -2.18. The molecule has 0 aromatic carbocycles. The lowest BCUT2D eigenvalue weighted by atomic mass is 9.96. The van der Waals surface area contributed by atoms with Crippen LogP contribution in [0.5, 0.6) is 0 Å². The van der Waals surface area contributed by atoms with Crippen LogP contribution in [0.25, 0.3) is 0 Å². The first-order chi connectivity index (χ1) is 5.78. The van der Waals surface area contributed by atoms with Crippen LogP contribution in [0.1, 0.15) is 12.8 Å². The van der Waals surface area contributed by atoms with Gasteiger partial charge in [0.15, 0.2) is 5.60 Å². The zero-order valence-electron chi connectivity index (χ0n) is 11.6. The van der Waals surface area contributed by atoms with Gasteiger partial charge in [-0.25, -0.2) is 4.79 Å². The Morgan fingerprint density at radius 3 is 0.870 bits per heavy atom. The molecule has 17 heteroatoms. The minimum atomic E-state index is -2.74. The van der Waals surface area contributed by atoms with Crippen molar-refractivity contribution in [3.05, 3.63) is 0 Å². The third-order valence-electron chi connectivity index (χ3n) is 1.29. The van der Waals surface area contributed by atoms with Gasteiger partial charge in [0.25, 0.3) is 0 Å². The van der Waals surface area contributed by atoms with Crippen molar-refractivity contribution in [1.82, 2.24) is 0 Å². The SMILES string of the molecule is O.O.O.O.O.O.O.O.O.O=C(O)CC(O)(CC(=O)O)C(=O)O.[Mg]. The van der Waals surface area contributed by atoms with Crippen LogP contribution in [0.4, 0.5) is 0 Å². The molecule has 0 bridgehead atoms. The molecule has 0 amide bonds. The smallest absolute Gasteiger partial charge is 0.336 e. The Balaban J connectivity index is -0.0000000160. The highest BCUT2D eigenvalue weighted by Crippen LogP contribution is 2.15. The summed E-state index contributed by atoms with van der Waals surface area (Å²) in [6.07, 6.45) is -2.29. The molecule has 0 fully saturated rings. The molecule has 0 unspecified atom stereocenters. The topological polar surface area (TPSA) is 416 Å². The molecule has 0 aliphatic heterocycles. The lowest BCUT2D eigenvalue weighted by Crippen LogP contribution is -2.42. The van der Waals surface area contributed by atoms with Gasteiger partial charge in [-0.15, -0.1) is 0 Å². The number of hydrogen-bond acceptors (Lipinski definition) is 4. The first-order valence-corrected chi connectivity index (χ1v) is 3.17. The molecular weight excluding hydrogens is 352 g/mol. The highest BCUT2D eigenvalue weighted by Gasteiger charge is 2.40. The van der Waals surface area contributed by atoms with Gasteiger partial charge in [-0.05, 0) is 0 Å². The molecule has 0 aromatic heterocycles. The van der Waals surface area contributed by atoms with Crippen molar-refractivity contribution in [1.29, 1.82) is 0 Å². The Morgan fingerprint density at radius 1 is 0.609 bits per heavy atom. The Kier molecular flexibility index (Phi) is 115. The summed E-state index contributed by atoms with van der Waals surface area (Å²) in [5.74, 6) is -5.02. The van der Waals surface area contributed by atoms with Crippen LogP contribution in [0, 0.1) is 0 Å². The molecule has 0 rings (SSSR count). The molecule has 0 aliphatic rings. The molecule has 0 aromatic rings. The highest BCUT2D eigenvalue weighted by atomic mass is 24.3. The molecule has 0 saturated heterocycles. The molecule has 0 spiro atoms. The van der Waals surface area contributed by atoms with Crippen molar-refractivity contribution in [2.45, 2.75) is 18.4 Å². The number of aliphatic hydroxyl groups is 1. The summed E-state index contributed by atoms with van der Waals surface area (Å²) in [6, 6.07) is 0. The second kappa shape index (κ2) is 32.6. The fraction of sp³-hybridized carbons (Fsp3) is 0.500. The molecule has 0 heterocycles. The van der Waals surface area contributed by atoms with Gasteiger partial charge in [0.1, 0.15) is 0 Å². The van der Waals surface area contributed by atoms with E-state index in [9.17, 15) is 14.4 Å². The largest absolute Gasteiger partial charge is 0.481 e. The summed E-state index contributed by atoms with van der Waals surface area (Å²) in [6.45, 7) is 0. The summed E-state index contributed by atoms with van der Waals surface area (Å²) in [4.78, 5) is 30.5. The van der Waals surface area contributed by atoms with E-state index in [-0.39, 0.29) is 72.3 Å². The number of aliphatic carboxylic acids is 3. The average Bonchev–Trinajstić information content (AvgIpc) is 1.82. The zero-order valence-corrected chi connectivity index (χ0v) is 13.0. The van der Waals surface area contributed by atoms with Gasteiger partial charge < -0.3 is 69.7 Å². The predicted molar refractivity (Wildman–Crippen MR) is 75.4 cm³/mol. The van der Waals surface area contributed by atoms with Crippen LogP contribution >= 0.6 is 0 Å². The summed E-state index contributed by atoms with van der Waals surface area (Å²) in [5, 5.41) is 33.8. The minimum Gasteiger partial charge on any atom is -0.481 e. The summed E-state index contributed by atoms with van der Waals surface area (Å²) in [5.41, 5.74) is -2.74. The molecular formula is C6H26MgO16. The van der Waals surface area contributed by atoms with Gasteiger partial charge >= 0.3 is 17.9 Å². The monoisotopic (exact) mass is 378 g/mol. The number of rotatable bonds is 5. The van der Waals surface area contributed by atoms with E-state index in [4.69, 9.17) is 20.4 Å². The van der Waals surface area contributed by atoms with Crippen molar-refractivity contribution in [3.63, 3.8) is 0 Å². The first-order valence-electron chi connectivity index (χ1n) is 3.17. The van der Waals surface area contributed by atoms with Gasteiger partial charge in [0.05, 0.1) is 12.8 Å². The minimum absolute atomic E-state index is 0. The number of hydrogen-bond donors (Lipinski definition) is 4. The Morgan fingerprint density at radius 2 is 0.783 bits per heavy atom. The molecule has 0 atom stereocenters. The second-order valence-corrected chi connectivity index (χ2v) is 2.48. The quantitative estimate of drug-likeness (QED) is 0.334. The van der Waals surface area contributed by atoms with Crippen LogP contribution in [0.15, 0.2) is 0 Å². The van der Waals surface area contributed by atoms with Gasteiger partial charge in [-0.2, -0.15) is 0 Å². The molecule has 0 aliphatic carbocycles. The van der Waals surface area contributed by atoms with E-state index >= 15 is 0 Å². The van der Waals surface area contributed by atoms with E-state index in [1.807, 2.05) is 0 Å². The highest BCUT2D eigenvalue weighted by molar-refractivity contribution is 5.88. The van der Waals surface area contributed by atoms with Crippen molar-refractivity contribution in [3.8, 4) is 0 Å². The van der Waals surface area contributed by atoms with E-state index in [1.165, 1.54) is 0 Å². The van der Waals surface area contributed by atoms with Crippen molar-refractivity contribution >= 4 is 41.0 Å². The average molecular weight is 379 g/mol. The maximum atomic E-state index is 10.3. The van der Waals surface area contributed by atoms with E-state index in [1.54, 1.807) is 0 Å².